The number of aromatic amines is 1. The lowest BCUT2D eigenvalue weighted by atomic mass is 9.99. The third kappa shape index (κ3) is 6.08. The largest absolute Gasteiger partial charge is 0.356 e. The maximum atomic E-state index is 12.4. The molecule has 0 spiro atoms. The molecule has 1 amide bonds. The number of nitrogens with zero attached hydrogens (tertiary/aromatic N) is 1. The zero-order chi connectivity index (χ0) is 19.6. The fraction of sp³-hybridized carbons (Fsp3) is 0.571. The van der Waals surface area contributed by atoms with E-state index in [0.29, 0.717) is 42.6 Å². The topological polar surface area (TPSA) is 84.0 Å². The van der Waals surface area contributed by atoms with E-state index in [9.17, 15) is 14.4 Å². The standard InChI is InChI=1S/C21H31N3O3/c1-3-5-10-16(4-2)15-22-19(25)13-8-9-14-24-20(26)17-11-6-7-12-18(17)23-21(24)27/h6-7,11-12,16H,3-5,8-10,13-15H2,1-2H3,(H,22,25)(H,23,27). The van der Waals surface area contributed by atoms with E-state index in [1.807, 2.05) is 0 Å². The number of benzene rings is 1. The average molecular weight is 373 g/mol. The Bertz CT molecular complexity index is 854. The highest BCUT2D eigenvalue weighted by atomic mass is 16.2. The summed E-state index contributed by atoms with van der Waals surface area (Å²) in [5.41, 5.74) is -0.123. The SMILES string of the molecule is CCCCC(CC)CNC(=O)CCCCn1c(=O)[nH]c2ccccc2c1=O. The molecule has 0 saturated heterocycles. The van der Waals surface area contributed by atoms with Gasteiger partial charge in [0.2, 0.25) is 5.91 Å². The van der Waals surface area contributed by atoms with Crippen LogP contribution in [-0.2, 0) is 11.3 Å². The molecule has 148 valence electrons. The van der Waals surface area contributed by atoms with Crippen molar-refractivity contribution in [1.82, 2.24) is 14.9 Å². The summed E-state index contributed by atoms with van der Waals surface area (Å²) in [6.07, 6.45) is 6.29. The molecule has 0 aliphatic carbocycles. The first-order valence-corrected chi connectivity index (χ1v) is 10.0. The van der Waals surface area contributed by atoms with Gasteiger partial charge in [0.1, 0.15) is 0 Å². The second-order valence-electron chi connectivity index (χ2n) is 7.11. The fourth-order valence-electron chi connectivity index (χ4n) is 3.25. The highest BCUT2D eigenvalue weighted by molar-refractivity contribution is 5.77. The van der Waals surface area contributed by atoms with Crippen molar-refractivity contribution < 1.29 is 4.79 Å². The number of unbranched alkanes of at least 4 members (excludes halogenated alkanes) is 2. The molecule has 27 heavy (non-hydrogen) atoms. The van der Waals surface area contributed by atoms with Gasteiger partial charge in [0.15, 0.2) is 0 Å². The highest BCUT2D eigenvalue weighted by Crippen LogP contribution is 2.11. The number of hydrogen-bond acceptors (Lipinski definition) is 3. The molecule has 0 fully saturated rings. The van der Waals surface area contributed by atoms with Crippen LogP contribution in [0.1, 0.15) is 58.8 Å². The third-order valence-corrected chi connectivity index (χ3v) is 5.06. The van der Waals surface area contributed by atoms with Crippen LogP contribution in [0.25, 0.3) is 10.9 Å². The van der Waals surface area contributed by atoms with Gasteiger partial charge in [-0.2, -0.15) is 0 Å². The Hall–Kier alpha value is -2.37. The second-order valence-corrected chi connectivity index (χ2v) is 7.11. The van der Waals surface area contributed by atoms with E-state index in [1.54, 1.807) is 24.3 Å². The van der Waals surface area contributed by atoms with Gasteiger partial charge in [0, 0.05) is 19.5 Å². The fourth-order valence-corrected chi connectivity index (χ4v) is 3.25. The number of para-hydroxylation sites is 1. The maximum absolute atomic E-state index is 12.4. The van der Waals surface area contributed by atoms with Gasteiger partial charge in [-0.25, -0.2) is 4.79 Å². The van der Waals surface area contributed by atoms with Crippen LogP contribution in [0, 0.1) is 5.92 Å². The predicted molar refractivity (Wildman–Crippen MR) is 109 cm³/mol. The molecule has 1 heterocycles. The van der Waals surface area contributed by atoms with Gasteiger partial charge in [0.05, 0.1) is 10.9 Å². The third-order valence-electron chi connectivity index (χ3n) is 5.06. The molecule has 2 rings (SSSR count). The van der Waals surface area contributed by atoms with E-state index < -0.39 is 5.69 Å². The van der Waals surface area contributed by atoms with Crippen LogP contribution in [-0.4, -0.2) is 22.0 Å². The average Bonchev–Trinajstić information content (AvgIpc) is 2.67. The smallest absolute Gasteiger partial charge is 0.328 e. The first kappa shape index (κ1) is 20.9. The van der Waals surface area contributed by atoms with Gasteiger partial charge in [-0.15, -0.1) is 0 Å². The Balaban J connectivity index is 1.80. The summed E-state index contributed by atoms with van der Waals surface area (Å²) < 4.78 is 1.22. The van der Waals surface area contributed by atoms with E-state index in [0.717, 1.165) is 19.4 Å². The van der Waals surface area contributed by atoms with Crippen molar-refractivity contribution in [2.24, 2.45) is 5.92 Å². The van der Waals surface area contributed by atoms with Crippen molar-refractivity contribution in [2.45, 2.75) is 65.3 Å². The Morgan fingerprint density at radius 2 is 1.93 bits per heavy atom. The molecule has 1 atom stereocenters. The van der Waals surface area contributed by atoms with E-state index in [2.05, 4.69) is 24.1 Å². The second kappa shape index (κ2) is 10.7. The van der Waals surface area contributed by atoms with E-state index in [-0.39, 0.29) is 11.5 Å². The molecule has 0 saturated carbocycles. The molecule has 0 aliphatic heterocycles. The lowest BCUT2D eigenvalue weighted by Crippen LogP contribution is -2.35. The minimum Gasteiger partial charge on any atom is -0.356 e. The number of nitrogens with one attached hydrogen (secondary N) is 2. The maximum Gasteiger partial charge on any atom is 0.328 e. The molecular weight excluding hydrogens is 342 g/mol. The van der Waals surface area contributed by atoms with E-state index in [4.69, 9.17) is 0 Å². The van der Waals surface area contributed by atoms with Crippen molar-refractivity contribution in [3.05, 3.63) is 45.1 Å². The van der Waals surface area contributed by atoms with Crippen LogP contribution in [0.4, 0.5) is 0 Å². The molecule has 6 heteroatoms. The molecule has 0 bridgehead atoms. The van der Waals surface area contributed by atoms with Gasteiger partial charge in [0.25, 0.3) is 5.56 Å². The summed E-state index contributed by atoms with van der Waals surface area (Å²) >= 11 is 0. The van der Waals surface area contributed by atoms with E-state index >= 15 is 0 Å². The number of carbonyl (C=O) groups excluding carboxylic acids is 1. The van der Waals surface area contributed by atoms with Crippen LogP contribution in [0.2, 0.25) is 0 Å². The summed E-state index contributed by atoms with van der Waals surface area (Å²) in [5, 5.41) is 3.52. The quantitative estimate of drug-likeness (QED) is 0.593. The minimum atomic E-state index is -0.398. The normalized spacial score (nSPS) is 12.2. The number of H-pyrrole nitrogens is 1. The van der Waals surface area contributed by atoms with Gasteiger partial charge >= 0.3 is 5.69 Å². The first-order valence-electron chi connectivity index (χ1n) is 10.0. The number of amides is 1. The summed E-state index contributed by atoms with van der Waals surface area (Å²) in [7, 11) is 0. The zero-order valence-electron chi connectivity index (χ0n) is 16.4. The predicted octanol–water partition coefficient (Wildman–Crippen LogP) is 3.19. The van der Waals surface area contributed by atoms with Crippen molar-refractivity contribution >= 4 is 16.8 Å². The molecule has 0 radical (unpaired) electrons. The number of aromatic nitrogens is 2. The highest BCUT2D eigenvalue weighted by Gasteiger charge is 2.09. The van der Waals surface area contributed by atoms with Crippen molar-refractivity contribution in [3.63, 3.8) is 0 Å². The number of carbonyl (C=O) groups is 1. The van der Waals surface area contributed by atoms with E-state index in [1.165, 1.54) is 17.4 Å². The summed E-state index contributed by atoms with van der Waals surface area (Å²) in [6, 6.07) is 6.99. The molecular formula is C21H31N3O3. The first-order chi connectivity index (χ1) is 13.1. The summed E-state index contributed by atoms with van der Waals surface area (Å²) in [6.45, 7) is 5.39. The molecule has 1 aromatic heterocycles. The summed E-state index contributed by atoms with van der Waals surface area (Å²) in [4.78, 5) is 39.3. The van der Waals surface area contributed by atoms with Gasteiger partial charge in [-0.3, -0.25) is 14.2 Å². The number of hydrogen-bond donors (Lipinski definition) is 2. The van der Waals surface area contributed by atoms with Gasteiger partial charge in [-0.1, -0.05) is 45.2 Å². The molecule has 2 aromatic rings. The van der Waals surface area contributed by atoms with Crippen molar-refractivity contribution in [3.8, 4) is 0 Å². The molecule has 2 N–H and O–H groups in total. The monoisotopic (exact) mass is 373 g/mol. The molecule has 0 aliphatic rings. The number of fused-ring (bicyclic) bond motifs is 1. The van der Waals surface area contributed by atoms with Crippen LogP contribution in [0.3, 0.4) is 0 Å². The Morgan fingerprint density at radius 3 is 2.67 bits per heavy atom. The lowest BCUT2D eigenvalue weighted by molar-refractivity contribution is -0.121. The summed E-state index contributed by atoms with van der Waals surface area (Å²) in [5.74, 6) is 0.591. The van der Waals surface area contributed by atoms with Crippen LogP contribution in [0.15, 0.2) is 33.9 Å². The molecule has 6 nitrogen and oxygen atoms in total. The Kier molecular flexibility index (Phi) is 8.30. The zero-order valence-corrected chi connectivity index (χ0v) is 16.4. The molecule has 1 unspecified atom stereocenters. The molecule has 1 aromatic carbocycles. The van der Waals surface area contributed by atoms with Crippen molar-refractivity contribution in [2.75, 3.05) is 6.54 Å². The van der Waals surface area contributed by atoms with Crippen molar-refractivity contribution in [1.29, 1.82) is 0 Å². The Labute approximate surface area is 160 Å². The van der Waals surface area contributed by atoms with Gasteiger partial charge in [-0.05, 0) is 37.3 Å². The minimum absolute atomic E-state index is 0.0460. The number of rotatable bonds is 11. The van der Waals surface area contributed by atoms with Crippen LogP contribution >= 0.6 is 0 Å². The van der Waals surface area contributed by atoms with Crippen LogP contribution < -0.4 is 16.6 Å². The van der Waals surface area contributed by atoms with Gasteiger partial charge < -0.3 is 10.3 Å². The Morgan fingerprint density at radius 1 is 1.15 bits per heavy atom. The van der Waals surface area contributed by atoms with Crippen LogP contribution in [0.5, 0.6) is 0 Å². The lowest BCUT2D eigenvalue weighted by Gasteiger charge is -2.15.